The largest absolute Gasteiger partial charge is 0.481 e. The lowest BCUT2D eigenvalue weighted by atomic mass is 9.97. The zero-order valence-corrected chi connectivity index (χ0v) is 15.2. The van der Waals surface area contributed by atoms with E-state index in [0.717, 1.165) is 38.8 Å². The van der Waals surface area contributed by atoms with Crippen molar-refractivity contribution in [2.75, 3.05) is 39.3 Å². The quantitative estimate of drug-likeness (QED) is 0.576. The van der Waals surface area contributed by atoms with Crippen LogP contribution in [0.15, 0.2) is 0 Å². The molecule has 8 nitrogen and oxygen atoms in total. The summed E-state index contributed by atoms with van der Waals surface area (Å²) in [5.74, 6) is -1.45. The molecule has 9 heteroatoms. The number of hydrogen-bond donors (Lipinski definition) is 3. The van der Waals surface area contributed by atoms with Gasteiger partial charge in [0.05, 0.1) is 18.4 Å². The molecular weight excluding hydrogens is 350 g/mol. The Balaban J connectivity index is 0.00000312. The average Bonchev–Trinajstić information content (AvgIpc) is 2.60. The molecule has 2 rings (SSSR count). The van der Waals surface area contributed by atoms with Crippen LogP contribution in [0.5, 0.6) is 0 Å². The minimum absolute atomic E-state index is 0. The molecule has 25 heavy (non-hydrogen) atoms. The van der Waals surface area contributed by atoms with Crippen molar-refractivity contribution in [1.29, 1.82) is 0 Å². The molecule has 0 spiro atoms. The fraction of sp³-hybridized carbons (Fsp3) is 0.812. The maximum atomic E-state index is 12.3. The Kier molecular flexibility index (Phi) is 9.77. The molecule has 0 saturated carbocycles. The highest BCUT2D eigenvalue weighted by atomic mass is 35.5. The van der Waals surface area contributed by atoms with Gasteiger partial charge in [0.1, 0.15) is 6.61 Å². The first-order valence-electron chi connectivity index (χ1n) is 8.66. The highest BCUT2D eigenvalue weighted by Gasteiger charge is 2.28. The topological polar surface area (TPSA) is 108 Å². The Labute approximate surface area is 154 Å². The molecule has 2 heterocycles. The summed E-state index contributed by atoms with van der Waals surface area (Å²) in [6.07, 6.45) is 3.37. The van der Waals surface area contributed by atoms with Gasteiger partial charge in [-0.2, -0.15) is 0 Å². The third kappa shape index (κ3) is 7.58. The zero-order chi connectivity index (χ0) is 17.4. The number of carbonyl (C=O) groups is 3. The third-order valence-electron chi connectivity index (χ3n) is 4.51. The molecule has 2 fully saturated rings. The van der Waals surface area contributed by atoms with Crippen LogP contribution in [-0.4, -0.2) is 73.2 Å². The summed E-state index contributed by atoms with van der Waals surface area (Å²) in [5.41, 5.74) is 0. The van der Waals surface area contributed by atoms with Gasteiger partial charge in [-0.05, 0) is 38.8 Å². The van der Waals surface area contributed by atoms with E-state index >= 15 is 0 Å². The number of carboxylic acid groups (broad SMARTS) is 1. The molecule has 2 aliphatic heterocycles. The predicted octanol–water partition coefficient (Wildman–Crippen LogP) is 0.00630. The summed E-state index contributed by atoms with van der Waals surface area (Å²) in [6, 6.07) is 0. The molecule has 0 aromatic heterocycles. The Morgan fingerprint density at radius 1 is 1.20 bits per heavy atom. The van der Waals surface area contributed by atoms with Gasteiger partial charge < -0.3 is 25.4 Å². The van der Waals surface area contributed by atoms with Crippen LogP contribution in [0.1, 0.15) is 32.1 Å². The average molecular weight is 378 g/mol. The number of hydrogen-bond acceptors (Lipinski definition) is 5. The number of likely N-dealkylation sites (tertiary alicyclic amines) is 1. The first-order chi connectivity index (χ1) is 11.6. The lowest BCUT2D eigenvalue weighted by Crippen LogP contribution is -2.47. The van der Waals surface area contributed by atoms with E-state index in [1.165, 1.54) is 0 Å². The summed E-state index contributed by atoms with van der Waals surface area (Å²) in [6.45, 7) is 3.05. The van der Waals surface area contributed by atoms with Crippen molar-refractivity contribution in [3.05, 3.63) is 0 Å². The highest BCUT2D eigenvalue weighted by Crippen LogP contribution is 2.17. The van der Waals surface area contributed by atoms with E-state index in [2.05, 4.69) is 10.6 Å². The normalized spacial score (nSPS) is 21.3. The van der Waals surface area contributed by atoms with E-state index < -0.39 is 5.97 Å². The number of ether oxygens (including phenoxy) is 1. The first kappa shape index (κ1) is 21.7. The molecular formula is C16H28ClN3O5. The monoisotopic (exact) mass is 377 g/mol. The smallest absolute Gasteiger partial charge is 0.305 e. The van der Waals surface area contributed by atoms with Crippen molar-refractivity contribution in [3.63, 3.8) is 0 Å². The van der Waals surface area contributed by atoms with Gasteiger partial charge >= 0.3 is 5.97 Å². The molecule has 3 N–H and O–H groups in total. The van der Waals surface area contributed by atoms with E-state index in [1.54, 1.807) is 4.90 Å². The van der Waals surface area contributed by atoms with E-state index in [-0.39, 0.29) is 55.8 Å². The van der Waals surface area contributed by atoms with Gasteiger partial charge in [0, 0.05) is 19.6 Å². The second kappa shape index (κ2) is 11.3. The number of aliphatic carboxylic acids is 1. The molecule has 2 aliphatic rings. The van der Waals surface area contributed by atoms with Crippen molar-refractivity contribution in [2.45, 2.75) is 38.2 Å². The van der Waals surface area contributed by atoms with Gasteiger partial charge in [-0.3, -0.25) is 14.4 Å². The maximum Gasteiger partial charge on any atom is 0.305 e. The number of rotatable bonds is 7. The zero-order valence-electron chi connectivity index (χ0n) is 14.4. The maximum absolute atomic E-state index is 12.3. The Bertz CT molecular complexity index is 457. The number of nitrogens with one attached hydrogen (secondary N) is 2. The minimum Gasteiger partial charge on any atom is -0.481 e. The predicted molar refractivity (Wildman–Crippen MR) is 93.7 cm³/mol. The van der Waals surface area contributed by atoms with Crippen LogP contribution in [0.3, 0.4) is 0 Å². The van der Waals surface area contributed by atoms with Gasteiger partial charge in [-0.1, -0.05) is 0 Å². The fourth-order valence-electron chi connectivity index (χ4n) is 3.10. The molecule has 144 valence electrons. The molecule has 0 aliphatic carbocycles. The molecule has 0 aromatic carbocycles. The number of carbonyl (C=O) groups excluding carboxylic acids is 2. The second-order valence-electron chi connectivity index (χ2n) is 6.37. The van der Waals surface area contributed by atoms with Crippen molar-refractivity contribution in [3.8, 4) is 0 Å². The minimum atomic E-state index is -0.939. The summed E-state index contributed by atoms with van der Waals surface area (Å²) in [5, 5.41) is 14.5. The Morgan fingerprint density at radius 2 is 1.92 bits per heavy atom. The van der Waals surface area contributed by atoms with Crippen molar-refractivity contribution in [2.24, 2.45) is 5.92 Å². The number of piperidine rings is 2. The van der Waals surface area contributed by atoms with Crippen molar-refractivity contribution >= 4 is 30.2 Å². The Hall–Kier alpha value is -1.38. The summed E-state index contributed by atoms with van der Waals surface area (Å²) in [7, 11) is 0. The molecule has 0 radical (unpaired) electrons. The van der Waals surface area contributed by atoms with E-state index in [9.17, 15) is 14.4 Å². The molecule has 0 unspecified atom stereocenters. The van der Waals surface area contributed by atoms with Crippen molar-refractivity contribution in [1.82, 2.24) is 15.5 Å². The molecule has 0 bridgehead atoms. The summed E-state index contributed by atoms with van der Waals surface area (Å²) < 4.78 is 5.69. The van der Waals surface area contributed by atoms with Crippen LogP contribution >= 0.6 is 12.4 Å². The lowest BCUT2D eigenvalue weighted by Gasteiger charge is -2.32. The van der Waals surface area contributed by atoms with Crippen LogP contribution < -0.4 is 10.6 Å². The van der Waals surface area contributed by atoms with Crippen LogP contribution in [0.2, 0.25) is 0 Å². The van der Waals surface area contributed by atoms with E-state index in [0.29, 0.717) is 13.1 Å². The SMILES string of the molecule is Cl.O=C(O)CCNC(=O)[C@H]1CCCN(C(=O)COC2CCNCC2)C1. The number of nitrogens with zero attached hydrogens (tertiary/aromatic N) is 1. The lowest BCUT2D eigenvalue weighted by molar-refractivity contribution is -0.142. The third-order valence-corrected chi connectivity index (χ3v) is 4.51. The molecule has 2 saturated heterocycles. The van der Waals surface area contributed by atoms with E-state index in [1.807, 2.05) is 0 Å². The Morgan fingerprint density at radius 3 is 2.60 bits per heavy atom. The van der Waals surface area contributed by atoms with E-state index in [4.69, 9.17) is 9.84 Å². The van der Waals surface area contributed by atoms with Gasteiger partial charge in [-0.15, -0.1) is 12.4 Å². The number of halogens is 1. The fourth-order valence-corrected chi connectivity index (χ4v) is 3.10. The number of amides is 2. The van der Waals surface area contributed by atoms with Gasteiger partial charge in [0.25, 0.3) is 0 Å². The van der Waals surface area contributed by atoms with Crippen LogP contribution in [0, 0.1) is 5.92 Å². The summed E-state index contributed by atoms with van der Waals surface area (Å²) >= 11 is 0. The van der Waals surface area contributed by atoms with Gasteiger partial charge in [-0.25, -0.2) is 0 Å². The molecule has 1 atom stereocenters. The summed E-state index contributed by atoms with van der Waals surface area (Å²) in [4.78, 5) is 36.5. The van der Waals surface area contributed by atoms with Crippen LogP contribution in [-0.2, 0) is 19.1 Å². The molecule has 0 aromatic rings. The highest BCUT2D eigenvalue weighted by molar-refractivity contribution is 5.85. The van der Waals surface area contributed by atoms with Crippen LogP contribution in [0.4, 0.5) is 0 Å². The van der Waals surface area contributed by atoms with Crippen molar-refractivity contribution < 1.29 is 24.2 Å². The number of carboxylic acids is 1. The first-order valence-corrected chi connectivity index (χ1v) is 8.66. The standard InChI is InChI=1S/C16H27N3O5.ClH/c20-14(11-24-13-3-6-17-7-4-13)19-9-1-2-12(10-19)16(23)18-8-5-15(21)22;/h12-13,17H,1-11H2,(H,18,23)(H,21,22);1H/t12-;/m0./s1. The van der Waals surface area contributed by atoms with Crippen LogP contribution in [0.25, 0.3) is 0 Å². The van der Waals surface area contributed by atoms with Gasteiger partial charge in [0.15, 0.2) is 0 Å². The van der Waals surface area contributed by atoms with Gasteiger partial charge in [0.2, 0.25) is 11.8 Å². The second-order valence-corrected chi connectivity index (χ2v) is 6.37. The molecule has 2 amide bonds.